The molecule has 1 heterocycles. The Labute approximate surface area is 140 Å². The molecule has 2 atom stereocenters. The van der Waals surface area contributed by atoms with Gasteiger partial charge in [0.2, 0.25) is 10.0 Å². The zero-order chi connectivity index (χ0) is 16.9. The van der Waals surface area contributed by atoms with Gasteiger partial charge in [0, 0.05) is 38.3 Å². The molecule has 1 aromatic carbocycles. The summed E-state index contributed by atoms with van der Waals surface area (Å²) < 4.78 is 24.8. The molecule has 0 aliphatic carbocycles. The van der Waals surface area contributed by atoms with Gasteiger partial charge in [0.05, 0.1) is 6.26 Å². The second kappa shape index (κ2) is 8.24. The Morgan fingerprint density at radius 2 is 2.00 bits per heavy atom. The summed E-state index contributed by atoms with van der Waals surface area (Å²) in [5, 5.41) is 0. The Morgan fingerprint density at radius 1 is 1.30 bits per heavy atom. The van der Waals surface area contributed by atoms with Gasteiger partial charge in [-0.1, -0.05) is 30.3 Å². The molecule has 1 aliphatic heterocycles. The molecule has 6 heteroatoms. The fourth-order valence-electron chi connectivity index (χ4n) is 3.24. The quantitative estimate of drug-likeness (QED) is 0.818. The predicted molar refractivity (Wildman–Crippen MR) is 94.8 cm³/mol. The van der Waals surface area contributed by atoms with Crippen molar-refractivity contribution in [2.45, 2.75) is 38.4 Å². The van der Waals surface area contributed by atoms with E-state index in [4.69, 9.17) is 0 Å². The van der Waals surface area contributed by atoms with Crippen molar-refractivity contribution in [2.24, 2.45) is 0 Å². The van der Waals surface area contributed by atoms with Crippen LogP contribution in [0, 0.1) is 0 Å². The number of nitrogens with one attached hydrogen (secondary N) is 1. The third-order valence-corrected chi connectivity index (χ3v) is 5.40. The minimum atomic E-state index is -3.09. The van der Waals surface area contributed by atoms with Gasteiger partial charge >= 0.3 is 0 Å². The van der Waals surface area contributed by atoms with Gasteiger partial charge in [0.25, 0.3) is 0 Å². The van der Waals surface area contributed by atoms with Gasteiger partial charge < -0.3 is 4.90 Å². The molecule has 0 spiro atoms. The summed E-state index contributed by atoms with van der Waals surface area (Å²) >= 11 is 0. The second-order valence-corrected chi connectivity index (χ2v) is 8.46. The number of likely N-dealkylation sites (tertiary alicyclic amines) is 1. The van der Waals surface area contributed by atoms with Crippen LogP contribution in [0.4, 0.5) is 0 Å². The number of hydrogen-bond acceptors (Lipinski definition) is 4. The van der Waals surface area contributed by atoms with E-state index in [1.165, 1.54) is 11.8 Å². The number of nitrogens with zero attached hydrogens (tertiary/aromatic N) is 2. The van der Waals surface area contributed by atoms with Gasteiger partial charge in [-0.05, 0) is 32.4 Å². The highest BCUT2D eigenvalue weighted by atomic mass is 32.2. The minimum absolute atomic E-state index is 0.480. The van der Waals surface area contributed by atoms with Crippen molar-refractivity contribution in [3.05, 3.63) is 35.9 Å². The van der Waals surface area contributed by atoms with Crippen LogP contribution in [0.2, 0.25) is 0 Å². The Hall–Kier alpha value is -0.950. The van der Waals surface area contributed by atoms with Crippen LogP contribution in [0.5, 0.6) is 0 Å². The number of hydrogen-bond donors (Lipinski definition) is 1. The normalized spacial score (nSPS) is 23.3. The van der Waals surface area contributed by atoms with Crippen LogP contribution in [-0.4, -0.2) is 63.2 Å². The van der Waals surface area contributed by atoms with Crippen LogP contribution >= 0.6 is 0 Å². The van der Waals surface area contributed by atoms with Crippen LogP contribution in [0.15, 0.2) is 30.3 Å². The highest BCUT2D eigenvalue weighted by Crippen LogP contribution is 2.22. The molecule has 0 saturated carbocycles. The molecule has 1 N–H and O–H groups in total. The average molecular weight is 340 g/mol. The number of rotatable bonds is 7. The van der Waals surface area contributed by atoms with Crippen LogP contribution in [0.1, 0.15) is 25.3 Å². The lowest BCUT2D eigenvalue weighted by molar-refractivity contribution is 0.0814. The van der Waals surface area contributed by atoms with E-state index in [1.54, 1.807) is 0 Å². The Morgan fingerprint density at radius 3 is 2.61 bits per heavy atom. The van der Waals surface area contributed by atoms with E-state index >= 15 is 0 Å². The number of piperidine rings is 1. The van der Waals surface area contributed by atoms with E-state index in [-0.39, 0.29) is 0 Å². The Balaban J connectivity index is 1.78. The van der Waals surface area contributed by atoms with Gasteiger partial charge in [0.15, 0.2) is 0 Å². The van der Waals surface area contributed by atoms with Crippen molar-refractivity contribution < 1.29 is 8.42 Å². The standard InChI is InChI=1S/C17H29N3O2S/c1-15-13-17(19(2)12-10-18-23(3,21)22)9-11-20(15)14-16-7-5-4-6-8-16/h4-8,15,17-18H,9-14H2,1-3H3/t15-,17-/m1/s1. The molecule has 5 nitrogen and oxygen atoms in total. The van der Waals surface area contributed by atoms with E-state index in [1.807, 2.05) is 0 Å². The average Bonchev–Trinajstić information content (AvgIpc) is 2.49. The molecule has 1 fully saturated rings. The maximum absolute atomic E-state index is 11.1. The monoisotopic (exact) mass is 339 g/mol. The third-order valence-electron chi connectivity index (χ3n) is 4.67. The van der Waals surface area contributed by atoms with Crippen molar-refractivity contribution in [3.8, 4) is 0 Å². The van der Waals surface area contributed by atoms with Gasteiger partial charge in [-0.3, -0.25) is 4.90 Å². The van der Waals surface area contributed by atoms with E-state index in [9.17, 15) is 8.42 Å². The predicted octanol–water partition coefficient (Wildman–Crippen LogP) is 1.52. The van der Waals surface area contributed by atoms with E-state index in [0.717, 1.165) is 32.5 Å². The van der Waals surface area contributed by atoms with Crippen LogP contribution in [0.3, 0.4) is 0 Å². The number of likely N-dealkylation sites (N-methyl/N-ethyl adjacent to an activating group) is 1. The molecule has 0 bridgehead atoms. The second-order valence-electron chi connectivity index (χ2n) is 6.63. The number of benzene rings is 1. The lowest BCUT2D eigenvalue weighted by Gasteiger charge is -2.41. The van der Waals surface area contributed by atoms with Crippen molar-refractivity contribution in [2.75, 3.05) is 32.9 Å². The molecule has 23 heavy (non-hydrogen) atoms. The van der Waals surface area contributed by atoms with Crippen LogP contribution < -0.4 is 4.72 Å². The van der Waals surface area contributed by atoms with Crippen molar-refractivity contribution in [1.29, 1.82) is 0 Å². The molecule has 1 aromatic rings. The summed E-state index contributed by atoms with van der Waals surface area (Å²) in [6.45, 7) is 5.62. The molecular weight excluding hydrogens is 310 g/mol. The Kier molecular flexibility index (Phi) is 6.59. The Bertz CT molecular complexity index is 577. The van der Waals surface area contributed by atoms with Gasteiger partial charge in [-0.15, -0.1) is 0 Å². The SMILES string of the molecule is C[C@@H]1C[C@H](N(C)CCNS(C)(=O)=O)CCN1Cc1ccccc1. The summed E-state index contributed by atoms with van der Waals surface area (Å²) in [5.41, 5.74) is 1.36. The fourth-order valence-corrected chi connectivity index (χ4v) is 3.70. The third kappa shape index (κ3) is 6.22. The van der Waals surface area contributed by atoms with E-state index in [2.05, 4.69) is 58.8 Å². The minimum Gasteiger partial charge on any atom is -0.302 e. The molecule has 0 amide bonds. The molecular formula is C17H29N3O2S. The highest BCUT2D eigenvalue weighted by Gasteiger charge is 2.27. The van der Waals surface area contributed by atoms with E-state index in [0.29, 0.717) is 18.6 Å². The summed E-state index contributed by atoms with van der Waals surface area (Å²) in [6, 6.07) is 11.7. The maximum atomic E-state index is 11.1. The van der Waals surface area contributed by atoms with Gasteiger partial charge in [0.1, 0.15) is 0 Å². The smallest absolute Gasteiger partial charge is 0.208 e. The topological polar surface area (TPSA) is 52.7 Å². The molecule has 2 rings (SSSR count). The summed E-state index contributed by atoms with van der Waals surface area (Å²) in [5.74, 6) is 0. The van der Waals surface area contributed by atoms with Crippen LogP contribution in [-0.2, 0) is 16.6 Å². The fraction of sp³-hybridized carbons (Fsp3) is 0.647. The largest absolute Gasteiger partial charge is 0.302 e. The zero-order valence-electron chi connectivity index (χ0n) is 14.4. The van der Waals surface area contributed by atoms with Gasteiger partial charge in [-0.2, -0.15) is 0 Å². The van der Waals surface area contributed by atoms with Gasteiger partial charge in [-0.25, -0.2) is 13.1 Å². The molecule has 1 aliphatic rings. The van der Waals surface area contributed by atoms with Crippen molar-refractivity contribution >= 4 is 10.0 Å². The van der Waals surface area contributed by atoms with Crippen molar-refractivity contribution in [1.82, 2.24) is 14.5 Å². The molecule has 0 unspecified atom stereocenters. The maximum Gasteiger partial charge on any atom is 0.208 e. The highest BCUT2D eigenvalue weighted by molar-refractivity contribution is 7.88. The van der Waals surface area contributed by atoms with Crippen molar-refractivity contribution in [3.63, 3.8) is 0 Å². The first-order chi connectivity index (χ1) is 10.8. The lowest BCUT2D eigenvalue weighted by atomic mass is 9.96. The summed E-state index contributed by atoms with van der Waals surface area (Å²) in [7, 11) is -0.998. The first-order valence-electron chi connectivity index (χ1n) is 8.28. The first kappa shape index (κ1) is 18.4. The van der Waals surface area contributed by atoms with Crippen LogP contribution in [0.25, 0.3) is 0 Å². The first-order valence-corrected chi connectivity index (χ1v) is 10.2. The molecule has 0 radical (unpaired) electrons. The molecule has 0 aromatic heterocycles. The zero-order valence-corrected chi connectivity index (χ0v) is 15.2. The lowest BCUT2D eigenvalue weighted by Crippen LogP contribution is -2.48. The summed E-state index contributed by atoms with van der Waals surface area (Å²) in [6.07, 6.45) is 3.46. The molecule has 130 valence electrons. The summed E-state index contributed by atoms with van der Waals surface area (Å²) in [4.78, 5) is 4.82. The number of sulfonamides is 1. The molecule has 1 saturated heterocycles. The van der Waals surface area contributed by atoms with E-state index < -0.39 is 10.0 Å².